The van der Waals surface area contributed by atoms with E-state index in [4.69, 9.17) is 4.42 Å². The Hall–Kier alpha value is -3.34. The topological polar surface area (TPSA) is 83.6 Å². The van der Waals surface area contributed by atoms with Crippen LogP contribution in [0.15, 0.2) is 58.1 Å². The standard InChI is InChI=1S/C21H15NO4/c23-16-7-5-13-14(20(16)24)6-8-17-18(13)21(25)15(10-26-17)19-12(11-3-4-11)2-1-9-22-19/h1-2,5-11,23-24H,3-4H2. The van der Waals surface area contributed by atoms with E-state index in [2.05, 4.69) is 4.98 Å². The van der Waals surface area contributed by atoms with Crippen LogP contribution in [0.1, 0.15) is 24.3 Å². The van der Waals surface area contributed by atoms with Crippen molar-refractivity contribution in [3.05, 3.63) is 64.6 Å². The van der Waals surface area contributed by atoms with Crippen molar-refractivity contribution in [2.45, 2.75) is 18.8 Å². The maximum absolute atomic E-state index is 13.3. The highest BCUT2D eigenvalue weighted by Gasteiger charge is 2.28. The van der Waals surface area contributed by atoms with Gasteiger partial charge in [0.1, 0.15) is 11.8 Å². The predicted octanol–water partition coefficient (Wildman–Crippen LogP) is 4.30. The van der Waals surface area contributed by atoms with E-state index in [1.807, 2.05) is 12.1 Å². The van der Waals surface area contributed by atoms with Crippen LogP contribution in [0.5, 0.6) is 11.5 Å². The van der Waals surface area contributed by atoms with Gasteiger partial charge in [-0.2, -0.15) is 0 Å². The Morgan fingerprint density at radius 2 is 1.85 bits per heavy atom. The van der Waals surface area contributed by atoms with Crippen molar-refractivity contribution in [3.8, 4) is 22.8 Å². The number of pyridine rings is 1. The molecule has 5 nitrogen and oxygen atoms in total. The smallest absolute Gasteiger partial charge is 0.202 e. The van der Waals surface area contributed by atoms with Crippen molar-refractivity contribution in [1.82, 2.24) is 4.98 Å². The summed E-state index contributed by atoms with van der Waals surface area (Å²) in [7, 11) is 0. The second kappa shape index (κ2) is 5.33. The summed E-state index contributed by atoms with van der Waals surface area (Å²) < 4.78 is 5.73. The second-order valence-electron chi connectivity index (χ2n) is 6.66. The van der Waals surface area contributed by atoms with Gasteiger partial charge in [0, 0.05) is 17.0 Å². The molecule has 2 heterocycles. The zero-order valence-electron chi connectivity index (χ0n) is 13.8. The summed E-state index contributed by atoms with van der Waals surface area (Å²) >= 11 is 0. The Kier molecular flexibility index (Phi) is 3.06. The van der Waals surface area contributed by atoms with Gasteiger partial charge in [-0.1, -0.05) is 6.07 Å². The predicted molar refractivity (Wildman–Crippen MR) is 98.5 cm³/mol. The number of nitrogens with zero attached hydrogens (tertiary/aromatic N) is 1. The minimum absolute atomic E-state index is 0.192. The molecule has 128 valence electrons. The minimum atomic E-state index is -0.245. The number of aromatic nitrogens is 1. The molecule has 2 aromatic carbocycles. The molecule has 5 rings (SSSR count). The van der Waals surface area contributed by atoms with Crippen LogP contribution in [0.3, 0.4) is 0 Å². The third-order valence-corrected chi connectivity index (χ3v) is 5.00. The molecule has 0 saturated heterocycles. The molecular formula is C21H15NO4. The first-order valence-electron chi connectivity index (χ1n) is 8.49. The van der Waals surface area contributed by atoms with Gasteiger partial charge < -0.3 is 14.6 Å². The fraction of sp³-hybridized carbons (Fsp3) is 0.143. The Bertz CT molecular complexity index is 1240. The minimum Gasteiger partial charge on any atom is -0.504 e. The molecule has 2 aromatic heterocycles. The van der Waals surface area contributed by atoms with Crippen LogP contribution in [0, 0.1) is 0 Å². The molecule has 1 fully saturated rings. The third-order valence-electron chi connectivity index (χ3n) is 5.00. The normalized spacial score (nSPS) is 14.2. The molecular weight excluding hydrogens is 330 g/mol. The number of benzene rings is 2. The summed E-state index contributed by atoms with van der Waals surface area (Å²) in [6, 6.07) is 10.1. The number of hydrogen-bond acceptors (Lipinski definition) is 5. The van der Waals surface area contributed by atoms with Crippen LogP contribution in [-0.4, -0.2) is 15.2 Å². The first kappa shape index (κ1) is 15.0. The van der Waals surface area contributed by atoms with Gasteiger partial charge in [0.15, 0.2) is 11.5 Å². The number of phenols is 2. The van der Waals surface area contributed by atoms with Gasteiger partial charge in [0.25, 0.3) is 0 Å². The van der Waals surface area contributed by atoms with E-state index in [-0.39, 0.29) is 16.9 Å². The fourth-order valence-electron chi connectivity index (χ4n) is 3.53. The Morgan fingerprint density at radius 3 is 2.65 bits per heavy atom. The number of rotatable bonds is 2. The maximum Gasteiger partial charge on any atom is 0.202 e. The van der Waals surface area contributed by atoms with Crippen molar-refractivity contribution < 1.29 is 14.6 Å². The molecule has 0 radical (unpaired) electrons. The number of aromatic hydroxyl groups is 2. The molecule has 26 heavy (non-hydrogen) atoms. The van der Waals surface area contributed by atoms with E-state index in [1.165, 1.54) is 12.3 Å². The van der Waals surface area contributed by atoms with Crippen molar-refractivity contribution in [3.63, 3.8) is 0 Å². The van der Waals surface area contributed by atoms with Crippen LogP contribution >= 0.6 is 0 Å². The average Bonchev–Trinajstić information content (AvgIpc) is 3.50. The van der Waals surface area contributed by atoms with Gasteiger partial charge in [-0.05, 0) is 54.7 Å². The number of hydrogen-bond donors (Lipinski definition) is 2. The van der Waals surface area contributed by atoms with Gasteiger partial charge in [0.05, 0.1) is 16.6 Å². The SMILES string of the molecule is O=c1c(-c2ncccc2C2CC2)coc2ccc3c(O)c(O)ccc3c12. The summed E-state index contributed by atoms with van der Waals surface area (Å²) in [5.74, 6) is -0.0221. The first-order chi connectivity index (χ1) is 12.6. The lowest BCUT2D eigenvalue weighted by atomic mass is 9.99. The van der Waals surface area contributed by atoms with E-state index < -0.39 is 0 Å². The van der Waals surface area contributed by atoms with Gasteiger partial charge in [-0.3, -0.25) is 9.78 Å². The molecule has 0 spiro atoms. The van der Waals surface area contributed by atoms with E-state index in [0.29, 0.717) is 38.9 Å². The van der Waals surface area contributed by atoms with E-state index in [1.54, 1.807) is 24.4 Å². The molecule has 0 atom stereocenters. The van der Waals surface area contributed by atoms with Crippen molar-refractivity contribution in [1.29, 1.82) is 0 Å². The second-order valence-corrected chi connectivity index (χ2v) is 6.66. The Balaban J connectivity index is 1.87. The zero-order chi connectivity index (χ0) is 17.8. The molecule has 1 aliphatic carbocycles. The van der Waals surface area contributed by atoms with Gasteiger partial charge in [-0.25, -0.2) is 0 Å². The Labute approximate surface area is 148 Å². The molecule has 0 unspecified atom stereocenters. The highest BCUT2D eigenvalue weighted by molar-refractivity contribution is 6.09. The summed E-state index contributed by atoms with van der Waals surface area (Å²) in [6.45, 7) is 0. The monoisotopic (exact) mass is 345 g/mol. The largest absolute Gasteiger partial charge is 0.504 e. The van der Waals surface area contributed by atoms with E-state index in [0.717, 1.165) is 18.4 Å². The van der Waals surface area contributed by atoms with Crippen LogP contribution < -0.4 is 5.43 Å². The van der Waals surface area contributed by atoms with Crippen LogP contribution in [0.4, 0.5) is 0 Å². The quantitative estimate of drug-likeness (QED) is 0.418. The van der Waals surface area contributed by atoms with Gasteiger partial charge in [0.2, 0.25) is 5.43 Å². The van der Waals surface area contributed by atoms with E-state index in [9.17, 15) is 15.0 Å². The summed E-state index contributed by atoms with van der Waals surface area (Å²) in [4.78, 5) is 17.7. The highest BCUT2D eigenvalue weighted by atomic mass is 16.3. The molecule has 0 aliphatic heterocycles. The third kappa shape index (κ3) is 2.10. The maximum atomic E-state index is 13.3. The van der Waals surface area contributed by atoms with Crippen molar-refractivity contribution in [2.24, 2.45) is 0 Å². The lowest BCUT2D eigenvalue weighted by Crippen LogP contribution is -2.08. The average molecular weight is 345 g/mol. The lowest BCUT2D eigenvalue weighted by Gasteiger charge is -2.09. The summed E-state index contributed by atoms with van der Waals surface area (Å²) in [6.07, 6.45) is 5.35. The van der Waals surface area contributed by atoms with Gasteiger partial charge in [-0.15, -0.1) is 0 Å². The first-order valence-corrected chi connectivity index (χ1v) is 8.49. The lowest BCUT2D eigenvalue weighted by molar-refractivity contribution is 0.408. The molecule has 1 saturated carbocycles. The highest BCUT2D eigenvalue weighted by Crippen LogP contribution is 2.43. The van der Waals surface area contributed by atoms with Crippen LogP contribution in [0.25, 0.3) is 33.0 Å². The Morgan fingerprint density at radius 1 is 1.04 bits per heavy atom. The molecule has 1 aliphatic rings. The van der Waals surface area contributed by atoms with Crippen LogP contribution in [-0.2, 0) is 0 Å². The summed E-state index contributed by atoms with van der Waals surface area (Å²) in [5.41, 5.74) is 2.38. The van der Waals surface area contributed by atoms with Crippen LogP contribution in [0.2, 0.25) is 0 Å². The van der Waals surface area contributed by atoms with E-state index >= 15 is 0 Å². The zero-order valence-corrected chi connectivity index (χ0v) is 13.8. The van der Waals surface area contributed by atoms with Crippen molar-refractivity contribution >= 4 is 21.7 Å². The number of phenolic OH excluding ortho intramolecular Hbond substituents is 2. The molecule has 5 heteroatoms. The van der Waals surface area contributed by atoms with Gasteiger partial charge >= 0.3 is 0 Å². The molecule has 0 bridgehead atoms. The van der Waals surface area contributed by atoms with Crippen molar-refractivity contribution in [2.75, 3.05) is 0 Å². The molecule has 2 N–H and O–H groups in total. The summed E-state index contributed by atoms with van der Waals surface area (Å²) in [5, 5.41) is 21.2. The molecule has 4 aromatic rings. The number of fused-ring (bicyclic) bond motifs is 3. The fourth-order valence-corrected chi connectivity index (χ4v) is 3.53. The molecule has 0 amide bonds.